The molecule has 0 fully saturated rings. The Morgan fingerprint density at radius 1 is 1.12 bits per heavy atom. The molecule has 3 N–H and O–H groups in total. The van der Waals surface area contributed by atoms with Gasteiger partial charge in [0.25, 0.3) is 0 Å². The van der Waals surface area contributed by atoms with Crippen LogP contribution in [0.5, 0.6) is 0 Å². The van der Waals surface area contributed by atoms with Crippen molar-refractivity contribution in [3.63, 3.8) is 0 Å². The average Bonchev–Trinajstić information content (AvgIpc) is 1.64. The molecule has 0 spiro atoms. The molecular weight excluding hydrogens is 108 g/mol. The van der Waals surface area contributed by atoms with Gasteiger partial charge in [-0.05, 0) is 0 Å². The van der Waals surface area contributed by atoms with Gasteiger partial charge in [0.05, 0.1) is 0 Å². The van der Waals surface area contributed by atoms with E-state index in [0.717, 1.165) is 0 Å². The molecule has 3 heteroatoms. The van der Waals surface area contributed by atoms with Crippen molar-refractivity contribution in [3.05, 3.63) is 24.7 Å². The van der Waals surface area contributed by atoms with Gasteiger partial charge in [-0.15, -0.1) is 0 Å². The van der Waals surface area contributed by atoms with Crippen molar-refractivity contribution in [3.8, 4) is 0 Å². The van der Waals surface area contributed by atoms with E-state index in [9.17, 15) is 0 Å². The van der Waals surface area contributed by atoms with Crippen LogP contribution in [0.1, 0.15) is 0 Å². The number of aliphatic hydroxyl groups is 3. The maximum atomic E-state index is 8.50. The van der Waals surface area contributed by atoms with Crippen molar-refractivity contribution < 1.29 is 15.3 Å². The van der Waals surface area contributed by atoms with E-state index in [1.165, 1.54) is 0 Å². The molecular formula is C5H8O3. The van der Waals surface area contributed by atoms with Crippen molar-refractivity contribution in [2.24, 2.45) is 0 Å². The van der Waals surface area contributed by atoms with E-state index < -0.39 is 17.6 Å². The minimum atomic E-state index is -1.41. The second kappa shape index (κ2) is 2.37. The topological polar surface area (TPSA) is 60.7 Å². The van der Waals surface area contributed by atoms with Crippen molar-refractivity contribution in [2.75, 3.05) is 0 Å². The Labute approximate surface area is 47.2 Å². The zero-order valence-corrected chi connectivity index (χ0v) is 4.33. The van der Waals surface area contributed by atoms with Gasteiger partial charge >= 0.3 is 0 Å². The van der Waals surface area contributed by atoms with Gasteiger partial charge in [-0.25, -0.2) is 0 Å². The Balaban J connectivity index is 3.83. The largest absolute Gasteiger partial charge is 0.510 e. The first-order valence-electron chi connectivity index (χ1n) is 1.99. The highest BCUT2D eigenvalue weighted by Gasteiger charge is 2.08. The van der Waals surface area contributed by atoms with Crippen LogP contribution >= 0.6 is 0 Å². The van der Waals surface area contributed by atoms with Crippen LogP contribution in [-0.2, 0) is 0 Å². The third kappa shape index (κ3) is 1.66. The number of hydrogen-bond donors (Lipinski definition) is 3. The third-order valence-electron chi connectivity index (χ3n) is 0.631. The molecule has 0 heterocycles. The fourth-order valence-electron chi connectivity index (χ4n) is 0.192. The minimum Gasteiger partial charge on any atom is -0.510 e. The van der Waals surface area contributed by atoms with Crippen molar-refractivity contribution >= 4 is 0 Å². The summed E-state index contributed by atoms with van der Waals surface area (Å²) in [4.78, 5) is 0. The van der Waals surface area contributed by atoms with Gasteiger partial charge in [0, 0.05) is 0 Å². The van der Waals surface area contributed by atoms with Crippen LogP contribution in [0, 0.1) is 0 Å². The Kier molecular flexibility index (Phi) is 2.09. The van der Waals surface area contributed by atoms with E-state index in [4.69, 9.17) is 15.3 Å². The van der Waals surface area contributed by atoms with Gasteiger partial charge < -0.3 is 15.3 Å². The lowest BCUT2D eigenvalue weighted by molar-refractivity contribution is 0.139. The second-order valence-electron chi connectivity index (χ2n) is 1.39. The number of hydrogen-bond acceptors (Lipinski definition) is 3. The summed E-state index contributed by atoms with van der Waals surface area (Å²) < 4.78 is 0. The fourth-order valence-corrected chi connectivity index (χ4v) is 0.192. The Hall–Kier alpha value is -0.960. The first-order valence-corrected chi connectivity index (χ1v) is 1.99. The predicted molar refractivity (Wildman–Crippen MR) is 29.5 cm³/mol. The monoisotopic (exact) mass is 116 g/mol. The highest BCUT2D eigenvalue weighted by atomic mass is 16.4. The molecule has 0 aliphatic rings. The van der Waals surface area contributed by atoms with Crippen molar-refractivity contribution in [2.45, 2.75) is 6.10 Å². The van der Waals surface area contributed by atoms with Gasteiger partial charge in [-0.2, -0.15) is 0 Å². The van der Waals surface area contributed by atoms with Crippen LogP contribution < -0.4 is 0 Å². The normalized spacial score (nSPS) is 9.25. The zero-order valence-electron chi connectivity index (χ0n) is 4.33. The molecule has 0 aromatic rings. The highest BCUT2D eigenvalue weighted by Crippen LogP contribution is 2.00. The summed E-state index contributed by atoms with van der Waals surface area (Å²) in [5, 5.41) is 25.2. The molecule has 3 nitrogen and oxygen atoms in total. The first-order chi connectivity index (χ1) is 3.55. The summed E-state index contributed by atoms with van der Waals surface area (Å²) in [6, 6.07) is 0. The molecule has 0 aliphatic heterocycles. The van der Waals surface area contributed by atoms with Gasteiger partial charge in [-0.1, -0.05) is 13.2 Å². The van der Waals surface area contributed by atoms with E-state index in [2.05, 4.69) is 13.2 Å². The lowest BCUT2D eigenvalue weighted by atomic mass is 10.3. The molecule has 0 aromatic heterocycles. The average molecular weight is 116 g/mol. The molecule has 0 aromatic carbocycles. The van der Waals surface area contributed by atoms with E-state index in [1.807, 2.05) is 0 Å². The third-order valence-corrected chi connectivity index (χ3v) is 0.631. The number of aliphatic hydroxyl groups excluding tert-OH is 3. The standard InChI is InChI=1S/C5H8O3/c1-3(6)5(8)4(2)7/h5-8H,1-2H2. The zero-order chi connectivity index (χ0) is 6.73. The van der Waals surface area contributed by atoms with Crippen LogP contribution in [0.25, 0.3) is 0 Å². The van der Waals surface area contributed by atoms with Gasteiger partial charge in [0.2, 0.25) is 0 Å². The van der Waals surface area contributed by atoms with Crippen LogP contribution in [0.15, 0.2) is 24.7 Å². The number of rotatable bonds is 2. The van der Waals surface area contributed by atoms with Crippen LogP contribution in [0.3, 0.4) is 0 Å². The van der Waals surface area contributed by atoms with Crippen molar-refractivity contribution in [1.29, 1.82) is 0 Å². The summed E-state index contributed by atoms with van der Waals surface area (Å²) in [7, 11) is 0. The lowest BCUT2D eigenvalue weighted by Gasteiger charge is -2.04. The molecule has 0 amide bonds. The second-order valence-corrected chi connectivity index (χ2v) is 1.39. The van der Waals surface area contributed by atoms with E-state index in [0.29, 0.717) is 0 Å². The van der Waals surface area contributed by atoms with Gasteiger partial charge in [-0.3, -0.25) is 0 Å². The summed E-state index contributed by atoms with van der Waals surface area (Å²) in [5.41, 5.74) is 0. The van der Waals surface area contributed by atoms with Crippen LogP contribution in [-0.4, -0.2) is 21.4 Å². The Morgan fingerprint density at radius 3 is 1.38 bits per heavy atom. The molecule has 0 rings (SSSR count). The molecule has 0 unspecified atom stereocenters. The maximum absolute atomic E-state index is 8.50. The predicted octanol–water partition coefficient (Wildman–Crippen LogP) is 0.491. The Morgan fingerprint density at radius 2 is 1.38 bits per heavy atom. The van der Waals surface area contributed by atoms with Crippen molar-refractivity contribution in [1.82, 2.24) is 0 Å². The van der Waals surface area contributed by atoms with E-state index in [-0.39, 0.29) is 0 Å². The molecule has 46 valence electrons. The van der Waals surface area contributed by atoms with E-state index in [1.54, 1.807) is 0 Å². The summed E-state index contributed by atoms with van der Waals surface area (Å²) in [6.07, 6.45) is -1.41. The molecule has 0 radical (unpaired) electrons. The molecule has 0 saturated heterocycles. The maximum Gasteiger partial charge on any atom is 0.166 e. The Bertz CT molecular complexity index is 103. The first kappa shape index (κ1) is 7.04. The fraction of sp³-hybridized carbons (Fsp3) is 0.200. The summed E-state index contributed by atoms with van der Waals surface area (Å²) in [5.74, 6) is -1.00. The lowest BCUT2D eigenvalue weighted by Crippen LogP contribution is -2.10. The van der Waals surface area contributed by atoms with Crippen LogP contribution in [0.2, 0.25) is 0 Å². The summed E-state index contributed by atoms with van der Waals surface area (Å²) in [6.45, 7) is 5.92. The van der Waals surface area contributed by atoms with Crippen LogP contribution in [0.4, 0.5) is 0 Å². The summed E-state index contributed by atoms with van der Waals surface area (Å²) >= 11 is 0. The SMILES string of the molecule is C=C(O)C(O)C(=C)O. The highest BCUT2D eigenvalue weighted by molar-refractivity contribution is 5.04. The molecule has 0 saturated carbocycles. The smallest absolute Gasteiger partial charge is 0.166 e. The van der Waals surface area contributed by atoms with Gasteiger partial charge in [0.1, 0.15) is 11.5 Å². The van der Waals surface area contributed by atoms with E-state index >= 15 is 0 Å². The van der Waals surface area contributed by atoms with Gasteiger partial charge in [0.15, 0.2) is 6.10 Å². The molecule has 0 aliphatic carbocycles. The molecule has 8 heavy (non-hydrogen) atoms. The minimum absolute atomic E-state index is 0.502. The molecule has 0 bridgehead atoms. The quantitative estimate of drug-likeness (QED) is 0.460. The molecule has 0 atom stereocenters.